The molecule has 2 heterocycles. The molecule has 5 heteroatoms. The molecular formula is C17H15NO4. The Bertz CT molecular complexity index is 756. The predicted octanol–water partition coefficient (Wildman–Crippen LogP) is 2.64. The summed E-state index contributed by atoms with van der Waals surface area (Å²) in [4.78, 5) is 12.0. The average molecular weight is 297 g/mol. The number of anilines is 1. The summed E-state index contributed by atoms with van der Waals surface area (Å²) in [6.07, 6.45) is 0.372. The Morgan fingerprint density at radius 2 is 1.86 bits per heavy atom. The molecule has 0 fully saturated rings. The first kappa shape index (κ1) is 13.0. The molecule has 2 aliphatic heterocycles. The fourth-order valence-corrected chi connectivity index (χ4v) is 3.03. The van der Waals surface area contributed by atoms with Crippen molar-refractivity contribution in [2.24, 2.45) is 0 Å². The van der Waals surface area contributed by atoms with E-state index in [9.17, 15) is 9.90 Å². The quantitative estimate of drug-likeness (QED) is 0.849. The van der Waals surface area contributed by atoms with E-state index in [1.807, 2.05) is 24.3 Å². The van der Waals surface area contributed by atoms with E-state index >= 15 is 0 Å². The number of amides is 1. The summed E-state index contributed by atoms with van der Waals surface area (Å²) < 4.78 is 11.2. The molecule has 1 amide bonds. The summed E-state index contributed by atoms with van der Waals surface area (Å²) in [5, 5.41) is 12.4. The van der Waals surface area contributed by atoms with Gasteiger partial charge in [0.05, 0.1) is 0 Å². The number of benzene rings is 2. The van der Waals surface area contributed by atoms with Gasteiger partial charge in [0, 0.05) is 24.1 Å². The fraction of sp³-hybridized carbons (Fsp3) is 0.235. The first-order valence-corrected chi connectivity index (χ1v) is 7.23. The molecule has 112 valence electrons. The summed E-state index contributed by atoms with van der Waals surface area (Å²) in [6, 6.07) is 10.9. The standard InChI is InChI=1S/C17H15NO4/c19-11-2-3-12-13(9-17(20)18-14(12)8-11)10-1-4-15-16(7-10)22-6-5-21-15/h1-4,7-8,13,19H,5-6,9H2,(H,18,20). The number of ether oxygens (including phenoxy) is 2. The third-order valence-corrected chi connectivity index (χ3v) is 4.04. The van der Waals surface area contributed by atoms with E-state index in [1.165, 1.54) is 0 Å². The second-order valence-electron chi connectivity index (χ2n) is 5.48. The highest BCUT2D eigenvalue weighted by Crippen LogP contribution is 2.41. The van der Waals surface area contributed by atoms with Crippen molar-refractivity contribution >= 4 is 11.6 Å². The Kier molecular flexibility index (Phi) is 2.92. The Labute approximate surface area is 127 Å². The summed E-state index contributed by atoms with van der Waals surface area (Å²) >= 11 is 0. The van der Waals surface area contributed by atoms with Gasteiger partial charge in [-0.2, -0.15) is 0 Å². The molecule has 0 aliphatic carbocycles. The zero-order valence-corrected chi connectivity index (χ0v) is 11.8. The van der Waals surface area contributed by atoms with Gasteiger partial charge in [0.25, 0.3) is 0 Å². The van der Waals surface area contributed by atoms with Gasteiger partial charge in [-0.25, -0.2) is 0 Å². The first-order chi connectivity index (χ1) is 10.7. The van der Waals surface area contributed by atoms with Crippen LogP contribution in [0.25, 0.3) is 0 Å². The van der Waals surface area contributed by atoms with Crippen molar-refractivity contribution < 1.29 is 19.4 Å². The van der Waals surface area contributed by atoms with Crippen molar-refractivity contribution in [1.82, 2.24) is 0 Å². The molecule has 5 nitrogen and oxygen atoms in total. The lowest BCUT2D eigenvalue weighted by molar-refractivity contribution is -0.116. The highest BCUT2D eigenvalue weighted by atomic mass is 16.6. The molecule has 0 radical (unpaired) electrons. The molecule has 1 unspecified atom stereocenters. The summed E-state index contributed by atoms with van der Waals surface area (Å²) in [7, 11) is 0. The number of carbonyl (C=O) groups is 1. The zero-order chi connectivity index (χ0) is 15.1. The number of carbonyl (C=O) groups excluding carboxylic acids is 1. The van der Waals surface area contributed by atoms with Crippen molar-refractivity contribution in [2.45, 2.75) is 12.3 Å². The van der Waals surface area contributed by atoms with Crippen LogP contribution >= 0.6 is 0 Å². The molecule has 0 bridgehead atoms. The summed E-state index contributed by atoms with van der Waals surface area (Å²) in [5.41, 5.74) is 2.66. The van der Waals surface area contributed by atoms with Crippen LogP contribution in [0.4, 0.5) is 5.69 Å². The van der Waals surface area contributed by atoms with Crippen molar-refractivity contribution in [3.05, 3.63) is 47.5 Å². The Morgan fingerprint density at radius 3 is 2.73 bits per heavy atom. The Balaban J connectivity index is 1.78. The zero-order valence-electron chi connectivity index (χ0n) is 11.8. The van der Waals surface area contributed by atoms with Crippen LogP contribution in [0.15, 0.2) is 36.4 Å². The smallest absolute Gasteiger partial charge is 0.225 e. The largest absolute Gasteiger partial charge is 0.508 e. The molecule has 2 N–H and O–H groups in total. The molecule has 0 saturated carbocycles. The van der Waals surface area contributed by atoms with E-state index in [0.717, 1.165) is 22.6 Å². The molecular weight excluding hydrogens is 282 g/mol. The summed E-state index contributed by atoms with van der Waals surface area (Å²) in [5.74, 6) is 1.48. The third kappa shape index (κ3) is 2.15. The van der Waals surface area contributed by atoms with Gasteiger partial charge in [0.2, 0.25) is 5.91 Å². The molecule has 0 saturated heterocycles. The minimum Gasteiger partial charge on any atom is -0.508 e. The number of phenols is 1. The van der Waals surface area contributed by atoms with Crippen molar-refractivity contribution in [3.63, 3.8) is 0 Å². The van der Waals surface area contributed by atoms with Crippen LogP contribution in [-0.4, -0.2) is 24.2 Å². The van der Waals surface area contributed by atoms with E-state index in [4.69, 9.17) is 9.47 Å². The molecule has 2 aromatic rings. The predicted molar refractivity (Wildman–Crippen MR) is 80.6 cm³/mol. The maximum atomic E-state index is 12.0. The maximum absolute atomic E-state index is 12.0. The number of rotatable bonds is 1. The Hall–Kier alpha value is -2.69. The molecule has 2 aromatic carbocycles. The van der Waals surface area contributed by atoms with Crippen LogP contribution in [0.3, 0.4) is 0 Å². The van der Waals surface area contributed by atoms with E-state index in [2.05, 4.69) is 5.32 Å². The van der Waals surface area contributed by atoms with E-state index < -0.39 is 0 Å². The van der Waals surface area contributed by atoms with Gasteiger partial charge in [0.15, 0.2) is 11.5 Å². The highest BCUT2D eigenvalue weighted by Gasteiger charge is 2.27. The number of fused-ring (bicyclic) bond motifs is 2. The van der Waals surface area contributed by atoms with Crippen molar-refractivity contribution in [1.29, 1.82) is 0 Å². The van der Waals surface area contributed by atoms with Crippen LogP contribution in [0.5, 0.6) is 17.2 Å². The minimum atomic E-state index is -0.0574. The molecule has 0 aromatic heterocycles. The Morgan fingerprint density at radius 1 is 1.05 bits per heavy atom. The van der Waals surface area contributed by atoms with Crippen LogP contribution in [0.1, 0.15) is 23.5 Å². The van der Waals surface area contributed by atoms with E-state index in [1.54, 1.807) is 12.1 Å². The highest BCUT2D eigenvalue weighted by molar-refractivity contribution is 5.95. The van der Waals surface area contributed by atoms with Gasteiger partial charge in [-0.3, -0.25) is 4.79 Å². The number of phenolic OH excluding ortho intramolecular Hbond substituents is 1. The lowest BCUT2D eigenvalue weighted by atomic mass is 9.84. The fourth-order valence-electron chi connectivity index (χ4n) is 3.03. The number of nitrogens with one attached hydrogen (secondary N) is 1. The molecule has 0 spiro atoms. The lowest BCUT2D eigenvalue weighted by Gasteiger charge is -2.27. The first-order valence-electron chi connectivity index (χ1n) is 7.23. The lowest BCUT2D eigenvalue weighted by Crippen LogP contribution is -2.23. The van der Waals surface area contributed by atoms with Gasteiger partial charge >= 0.3 is 0 Å². The molecule has 2 aliphatic rings. The molecule has 22 heavy (non-hydrogen) atoms. The number of aromatic hydroxyl groups is 1. The normalized spacial score (nSPS) is 19.3. The number of hydrogen-bond donors (Lipinski definition) is 2. The third-order valence-electron chi connectivity index (χ3n) is 4.04. The maximum Gasteiger partial charge on any atom is 0.225 e. The van der Waals surface area contributed by atoms with Crippen LogP contribution in [0, 0.1) is 0 Å². The average Bonchev–Trinajstić information content (AvgIpc) is 2.53. The second-order valence-corrected chi connectivity index (χ2v) is 5.48. The van der Waals surface area contributed by atoms with Crippen molar-refractivity contribution in [3.8, 4) is 17.2 Å². The number of hydrogen-bond acceptors (Lipinski definition) is 4. The second kappa shape index (κ2) is 4.94. The minimum absolute atomic E-state index is 0.0554. The van der Waals surface area contributed by atoms with Gasteiger partial charge in [-0.1, -0.05) is 12.1 Å². The van der Waals surface area contributed by atoms with Gasteiger partial charge < -0.3 is 19.9 Å². The monoisotopic (exact) mass is 297 g/mol. The topological polar surface area (TPSA) is 67.8 Å². The van der Waals surface area contributed by atoms with Gasteiger partial charge in [-0.05, 0) is 29.3 Å². The SMILES string of the molecule is O=C1CC(c2ccc3c(c2)OCCO3)c2ccc(O)cc2N1. The van der Waals surface area contributed by atoms with Crippen LogP contribution < -0.4 is 14.8 Å². The van der Waals surface area contributed by atoms with E-state index in [-0.39, 0.29) is 17.6 Å². The van der Waals surface area contributed by atoms with Crippen molar-refractivity contribution in [2.75, 3.05) is 18.5 Å². The molecule has 4 rings (SSSR count). The molecule has 1 atom stereocenters. The van der Waals surface area contributed by atoms with Gasteiger partial charge in [-0.15, -0.1) is 0 Å². The van der Waals surface area contributed by atoms with Crippen LogP contribution in [-0.2, 0) is 4.79 Å². The summed E-state index contributed by atoms with van der Waals surface area (Å²) in [6.45, 7) is 1.09. The van der Waals surface area contributed by atoms with E-state index in [0.29, 0.717) is 25.3 Å². The van der Waals surface area contributed by atoms with Crippen LogP contribution in [0.2, 0.25) is 0 Å². The van der Waals surface area contributed by atoms with Gasteiger partial charge in [0.1, 0.15) is 19.0 Å².